The van der Waals surface area contributed by atoms with Crippen molar-refractivity contribution in [3.63, 3.8) is 0 Å². The van der Waals surface area contributed by atoms with Gasteiger partial charge in [-0.1, -0.05) is 38.8 Å². The van der Waals surface area contributed by atoms with Crippen molar-refractivity contribution in [2.24, 2.45) is 5.92 Å². The van der Waals surface area contributed by atoms with Gasteiger partial charge in [-0.2, -0.15) is 0 Å². The highest BCUT2D eigenvalue weighted by atomic mass is 32.1. The summed E-state index contributed by atoms with van der Waals surface area (Å²) in [5.74, 6) is 0.780. The lowest BCUT2D eigenvalue weighted by atomic mass is 10.0. The number of rotatable bonds is 6. The fraction of sp³-hybridized carbons (Fsp3) is 0.588. The summed E-state index contributed by atoms with van der Waals surface area (Å²) in [5.41, 5.74) is 3.63. The molecule has 0 amide bonds. The first-order valence-corrected chi connectivity index (χ1v) is 7.94. The fourth-order valence-corrected chi connectivity index (χ4v) is 2.48. The zero-order valence-electron chi connectivity index (χ0n) is 13.4. The van der Waals surface area contributed by atoms with Gasteiger partial charge in [0, 0.05) is 11.7 Å². The van der Waals surface area contributed by atoms with E-state index in [-0.39, 0.29) is 0 Å². The van der Waals surface area contributed by atoms with Crippen LogP contribution in [0.15, 0.2) is 18.2 Å². The minimum absolute atomic E-state index is 0.416. The molecule has 0 radical (unpaired) electrons. The van der Waals surface area contributed by atoms with Crippen LogP contribution in [-0.2, 0) is 0 Å². The van der Waals surface area contributed by atoms with Gasteiger partial charge in [0.25, 0.3) is 0 Å². The smallest absolute Gasteiger partial charge is 0.170 e. The minimum Gasteiger partial charge on any atom is -0.360 e. The van der Waals surface area contributed by atoms with Crippen molar-refractivity contribution in [2.45, 2.75) is 59.9 Å². The van der Waals surface area contributed by atoms with E-state index in [2.05, 4.69) is 63.5 Å². The van der Waals surface area contributed by atoms with Crippen LogP contribution in [0, 0.1) is 19.8 Å². The van der Waals surface area contributed by atoms with Crippen LogP contribution in [0.3, 0.4) is 0 Å². The molecule has 2 nitrogen and oxygen atoms in total. The summed E-state index contributed by atoms with van der Waals surface area (Å²) < 4.78 is 0. The van der Waals surface area contributed by atoms with Gasteiger partial charge in [-0.25, -0.2) is 0 Å². The molecule has 112 valence electrons. The van der Waals surface area contributed by atoms with E-state index in [0.717, 1.165) is 23.1 Å². The Bertz CT molecular complexity index is 441. The molecule has 0 aliphatic carbocycles. The van der Waals surface area contributed by atoms with Crippen molar-refractivity contribution in [1.29, 1.82) is 0 Å². The Morgan fingerprint density at radius 2 is 1.85 bits per heavy atom. The number of benzene rings is 1. The van der Waals surface area contributed by atoms with Crippen LogP contribution < -0.4 is 10.6 Å². The SMILES string of the molecule is Cc1cccc(NC(=S)NC(C)CCCC(C)C)c1C. The van der Waals surface area contributed by atoms with Crippen LogP contribution in [0.25, 0.3) is 0 Å². The van der Waals surface area contributed by atoms with Gasteiger partial charge in [0.05, 0.1) is 0 Å². The molecule has 1 unspecified atom stereocenters. The molecule has 0 spiro atoms. The van der Waals surface area contributed by atoms with E-state index < -0.39 is 0 Å². The highest BCUT2D eigenvalue weighted by Crippen LogP contribution is 2.17. The van der Waals surface area contributed by atoms with Crippen LogP contribution >= 0.6 is 12.2 Å². The van der Waals surface area contributed by atoms with Crippen molar-refractivity contribution in [3.05, 3.63) is 29.3 Å². The van der Waals surface area contributed by atoms with Gasteiger partial charge < -0.3 is 10.6 Å². The predicted molar refractivity (Wildman–Crippen MR) is 93.4 cm³/mol. The van der Waals surface area contributed by atoms with Gasteiger partial charge in [0.1, 0.15) is 0 Å². The van der Waals surface area contributed by atoms with E-state index in [9.17, 15) is 0 Å². The van der Waals surface area contributed by atoms with E-state index in [4.69, 9.17) is 12.2 Å². The zero-order chi connectivity index (χ0) is 15.1. The van der Waals surface area contributed by atoms with E-state index in [1.807, 2.05) is 0 Å². The maximum absolute atomic E-state index is 5.39. The molecule has 3 heteroatoms. The maximum Gasteiger partial charge on any atom is 0.170 e. The molecule has 0 saturated heterocycles. The number of aryl methyl sites for hydroxylation is 1. The van der Waals surface area contributed by atoms with Gasteiger partial charge >= 0.3 is 0 Å². The molecule has 1 rings (SSSR count). The van der Waals surface area contributed by atoms with Crippen LogP contribution in [0.2, 0.25) is 0 Å². The van der Waals surface area contributed by atoms with Crippen LogP contribution in [0.4, 0.5) is 5.69 Å². The Morgan fingerprint density at radius 3 is 2.50 bits per heavy atom. The molecule has 0 aliphatic rings. The van der Waals surface area contributed by atoms with E-state index in [1.165, 1.54) is 24.0 Å². The molecule has 0 heterocycles. The molecular weight excluding hydrogens is 264 g/mol. The van der Waals surface area contributed by atoms with Crippen molar-refractivity contribution in [3.8, 4) is 0 Å². The van der Waals surface area contributed by atoms with Gasteiger partial charge in [-0.05, 0) is 62.5 Å². The minimum atomic E-state index is 0.416. The molecule has 0 bridgehead atoms. The van der Waals surface area contributed by atoms with Crippen LogP contribution in [0.5, 0.6) is 0 Å². The number of thiocarbonyl (C=S) groups is 1. The third-order valence-corrected chi connectivity index (χ3v) is 3.87. The molecule has 0 aliphatic heterocycles. The van der Waals surface area contributed by atoms with Gasteiger partial charge in [-0.15, -0.1) is 0 Å². The summed E-state index contributed by atoms with van der Waals surface area (Å²) in [7, 11) is 0. The highest BCUT2D eigenvalue weighted by molar-refractivity contribution is 7.80. The second kappa shape index (κ2) is 8.25. The monoisotopic (exact) mass is 292 g/mol. The number of nitrogens with one attached hydrogen (secondary N) is 2. The topological polar surface area (TPSA) is 24.1 Å². The summed E-state index contributed by atoms with van der Waals surface area (Å²) in [6.07, 6.45) is 3.69. The normalized spacial score (nSPS) is 12.3. The lowest BCUT2D eigenvalue weighted by molar-refractivity contribution is 0.495. The summed E-state index contributed by atoms with van der Waals surface area (Å²) in [6.45, 7) is 11.0. The molecule has 1 aromatic rings. The van der Waals surface area contributed by atoms with Crippen molar-refractivity contribution < 1.29 is 0 Å². The summed E-state index contributed by atoms with van der Waals surface area (Å²) >= 11 is 5.39. The second-order valence-electron chi connectivity index (χ2n) is 6.07. The van der Waals surface area contributed by atoms with Gasteiger partial charge in [-0.3, -0.25) is 0 Å². The lowest BCUT2D eigenvalue weighted by Gasteiger charge is -2.18. The largest absolute Gasteiger partial charge is 0.360 e. The summed E-state index contributed by atoms with van der Waals surface area (Å²) in [6, 6.07) is 6.66. The third kappa shape index (κ3) is 5.91. The van der Waals surface area contributed by atoms with Crippen LogP contribution in [0.1, 0.15) is 51.2 Å². The molecule has 1 atom stereocenters. The highest BCUT2D eigenvalue weighted by Gasteiger charge is 2.07. The maximum atomic E-state index is 5.39. The Labute approximate surface area is 129 Å². The molecule has 0 fully saturated rings. The van der Waals surface area contributed by atoms with Crippen LogP contribution in [-0.4, -0.2) is 11.2 Å². The van der Waals surface area contributed by atoms with Crippen molar-refractivity contribution in [1.82, 2.24) is 5.32 Å². The fourth-order valence-electron chi connectivity index (χ4n) is 2.17. The standard InChI is InChI=1S/C17H28N2S/c1-12(2)8-6-10-14(4)18-17(20)19-16-11-7-9-13(3)15(16)5/h7,9,11-12,14H,6,8,10H2,1-5H3,(H2,18,19,20). The van der Waals surface area contributed by atoms with Crippen molar-refractivity contribution >= 4 is 23.0 Å². The van der Waals surface area contributed by atoms with Gasteiger partial charge in [0.2, 0.25) is 0 Å². The first kappa shape index (κ1) is 17.0. The molecule has 20 heavy (non-hydrogen) atoms. The van der Waals surface area contributed by atoms with Gasteiger partial charge in [0.15, 0.2) is 5.11 Å². The lowest BCUT2D eigenvalue weighted by Crippen LogP contribution is -2.36. The van der Waals surface area contributed by atoms with Crippen molar-refractivity contribution in [2.75, 3.05) is 5.32 Å². The molecule has 2 N–H and O–H groups in total. The van der Waals surface area contributed by atoms with E-state index >= 15 is 0 Å². The Kier molecular flexibility index (Phi) is 7.00. The number of hydrogen-bond acceptors (Lipinski definition) is 1. The number of hydrogen-bond donors (Lipinski definition) is 2. The molecule has 0 saturated carbocycles. The first-order valence-electron chi connectivity index (χ1n) is 7.54. The molecule has 0 aromatic heterocycles. The van der Waals surface area contributed by atoms with E-state index in [0.29, 0.717) is 6.04 Å². The first-order chi connectivity index (χ1) is 9.40. The Morgan fingerprint density at radius 1 is 1.15 bits per heavy atom. The Hall–Kier alpha value is -1.09. The third-order valence-electron chi connectivity index (χ3n) is 3.65. The molecule has 1 aromatic carbocycles. The second-order valence-corrected chi connectivity index (χ2v) is 6.48. The van der Waals surface area contributed by atoms with E-state index in [1.54, 1.807) is 0 Å². The average molecular weight is 292 g/mol. The average Bonchev–Trinajstić information content (AvgIpc) is 2.34. The summed E-state index contributed by atoms with van der Waals surface area (Å²) in [4.78, 5) is 0. The molecular formula is C17H28N2S. The number of anilines is 1. The Balaban J connectivity index is 2.41. The zero-order valence-corrected chi connectivity index (χ0v) is 14.2. The quantitative estimate of drug-likeness (QED) is 0.736. The predicted octanol–water partition coefficient (Wildman–Crippen LogP) is 4.80. The summed E-state index contributed by atoms with van der Waals surface area (Å²) in [5, 5.41) is 7.39.